The number of aromatic nitrogens is 2. The first-order chi connectivity index (χ1) is 24.1. The van der Waals surface area contributed by atoms with Crippen molar-refractivity contribution in [1.82, 2.24) is 18.9 Å². The Morgan fingerprint density at radius 3 is 2.33 bits per heavy atom. The van der Waals surface area contributed by atoms with Gasteiger partial charge in [0.05, 0.1) is 31.5 Å². The number of esters is 1. The van der Waals surface area contributed by atoms with Crippen molar-refractivity contribution in [1.29, 1.82) is 0 Å². The highest BCUT2D eigenvalue weighted by atomic mass is 19.1. The van der Waals surface area contributed by atoms with Gasteiger partial charge in [0, 0.05) is 32.3 Å². The number of carbonyl (C=O) groups is 3. The molecule has 2 aromatic rings. The van der Waals surface area contributed by atoms with Crippen LogP contribution in [0, 0.1) is 28.5 Å². The molecule has 2 saturated carbocycles. The maximum atomic E-state index is 14.6. The molecule has 12 heteroatoms. The van der Waals surface area contributed by atoms with Crippen LogP contribution in [0.15, 0.2) is 63.9 Å². The standard InChI is InChI=1S/C39H51FN4O7/c1-25(7-13-29-26(2)8-14-31-38(3,4)32(45)15-16-39(29,31)5)21-33(46)41-17-19-42(20-18-41)34(47)24-43-23-30(40)35(48)44(37(43)50)22-27-9-11-28(12-10-27)36(49)51-6/h9-12,21,23,29,31-32,45H,2,7-8,13-20,22,24H2,1,3-6H3/b25-21+/t29-,31-,32-,39+/m1/s1. The number of aliphatic hydroxyl groups excluding tert-OH is 1. The van der Waals surface area contributed by atoms with Gasteiger partial charge in [-0.15, -0.1) is 0 Å². The Hall–Kier alpha value is -4.32. The van der Waals surface area contributed by atoms with Crippen molar-refractivity contribution in [2.24, 2.45) is 22.7 Å². The minimum Gasteiger partial charge on any atom is -0.465 e. The number of hydrogen-bond acceptors (Lipinski definition) is 7. The Balaban J connectivity index is 1.16. The average molecular weight is 707 g/mol. The number of piperazine rings is 1. The fourth-order valence-electron chi connectivity index (χ4n) is 8.78. The first-order valence-corrected chi connectivity index (χ1v) is 17.8. The molecule has 0 bridgehead atoms. The number of rotatable bonds is 9. The van der Waals surface area contributed by atoms with Gasteiger partial charge in [0.15, 0.2) is 0 Å². The Labute approximate surface area is 298 Å². The summed E-state index contributed by atoms with van der Waals surface area (Å²) in [5.41, 5.74) is 0.991. The molecule has 1 saturated heterocycles. The zero-order chi connectivity index (χ0) is 37.2. The van der Waals surface area contributed by atoms with Crippen LogP contribution >= 0.6 is 0 Å². The van der Waals surface area contributed by atoms with Crippen LogP contribution in [0.2, 0.25) is 0 Å². The highest BCUT2D eigenvalue weighted by Crippen LogP contribution is 2.61. The van der Waals surface area contributed by atoms with Gasteiger partial charge in [0.2, 0.25) is 17.6 Å². The summed E-state index contributed by atoms with van der Waals surface area (Å²) >= 11 is 0. The minimum absolute atomic E-state index is 0.0681. The van der Waals surface area contributed by atoms with E-state index in [4.69, 9.17) is 0 Å². The second-order valence-electron chi connectivity index (χ2n) is 15.4. The summed E-state index contributed by atoms with van der Waals surface area (Å²) in [6, 6.07) is 6.01. The number of nitrogens with zero attached hydrogens (tertiary/aromatic N) is 4. The van der Waals surface area contributed by atoms with Crippen LogP contribution in [-0.4, -0.2) is 81.2 Å². The Morgan fingerprint density at radius 1 is 1.04 bits per heavy atom. The summed E-state index contributed by atoms with van der Waals surface area (Å²) in [6.07, 6.45) is 7.59. The monoisotopic (exact) mass is 706 g/mol. The average Bonchev–Trinajstić information content (AvgIpc) is 3.10. The van der Waals surface area contributed by atoms with Crippen LogP contribution in [0.3, 0.4) is 0 Å². The van der Waals surface area contributed by atoms with Crippen LogP contribution in [0.1, 0.15) is 82.1 Å². The number of hydrogen-bond donors (Lipinski definition) is 1. The number of aliphatic hydroxyl groups is 1. The lowest BCUT2D eigenvalue weighted by atomic mass is 9.46. The SMILES string of the molecule is C=C1CC[C@@H]2C(C)(C)[C@H](O)CC[C@@]2(C)[C@@H]1CC/C(C)=C/C(=O)N1CCN(C(=O)Cn2cc(F)c(=O)n(Cc3ccc(C(=O)OC)cc3)c2=O)CC1. The molecule has 5 rings (SSSR count). The third kappa shape index (κ3) is 7.80. The van der Waals surface area contributed by atoms with Gasteiger partial charge in [-0.25, -0.2) is 9.59 Å². The molecular weight excluding hydrogens is 655 g/mol. The summed E-state index contributed by atoms with van der Waals surface area (Å²) in [5.74, 6) is -1.51. The Kier molecular flexibility index (Phi) is 11.2. The normalized spacial score (nSPS) is 25.0. The van der Waals surface area contributed by atoms with E-state index in [1.165, 1.54) is 41.8 Å². The van der Waals surface area contributed by atoms with E-state index in [1.807, 2.05) is 6.92 Å². The van der Waals surface area contributed by atoms with E-state index in [9.17, 15) is 33.5 Å². The fourth-order valence-corrected chi connectivity index (χ4v) is 8.78. The molecule has 0 radical (unpaired) electrons. The lowest BCUT2D eigenvalue weighted by Crippen LogP contribution is -2.54. The topological polar surface area (TPSA) is 131 Å². The van der Waals surface area contributed by atoms with E-state index in [2.05, 4.69) is 32.1 Å². The highest BCUT2D eigenvalue weighted by Gasteiger charge is 2.55. The third-order valence-corrected chi connectivity index (χ3v) is 11.9. The van der Waals surface area contributed by atoms with Crippen molar-refractivity contribution in [2.75, 3.05) is 33.3 Å². The van der Waals surface area contributed by atoms with E-state index >= 15 is 0 Å². The molecule has 51 heavy (non-hydrogen) atoms. The predicted octanol–water partition coefficient (Wildman–Crippen LogP) is 4.15. The van der Waals surface area contributed by atoms with E-state index in [0.29, 0.717) is 35.1 Å². The van der Waals surface area contributed by atoms with Crippen LogP contribution in [0.5, 0.6) is 0 Å². The van der Waals surface area contributed by atoms with Gasteiger partial charge in [-0.1, -0.05) is 50.6 Å². The zero-order valence-electron chi connectivity index (χ0n) is 30.5. The maximum absolute atomic E-state index is 14.6. The van der Waals surface area contributed by atoms with E-state index in [1.54, 1.807) is 11.0 Å². The van der Waals surface area contributed by atoms with Crippen molar-refractivity contribution in [2.45, 2.75) is 85.4 Å². The van der Waals surface area contributed by atoms with Crippen molar-refractivity contribution in [3.63, 3.8) is 0 Å². The molecule has 4 atom stereocenters. The van der Waals surface area contributed by atoms with Crippen LogP contribution in [-0.2, 0) is 27.4 Å². The second-order valence-corrected chi connectivity index (χ2v) is 15.4. The fraction of sp³-hybridized carbons (Fsp3) is 0.564. The predicted molar refractivity (Wildman–Crippen MR) is 190 cm³/mol. The first kappa shape index (κ1) is 37.9. The highest BCUT2D eigenvalue weighted by molar-refractivity contribution is 5.89. The van der Waals surface area contributed by atoms with Crippen LogP contribution in [0.25, 0.3) is 0 Å². The molecule has 3 fully saturated rings. The van der Waals surface area contributed by atoms with Gasteiger partial charge in [0.25, 0.3) is 5.56 Å². The maximum Gasteiger partial charge on any atom is 0.337 e. The van der Waals surface area contributed by atoms with Crippen LogP contribution < -0.4 is 11.2 Å². The van der Waals surface area contributed by atoms with Gasteiger partial charge in [-0.3, -0.25) is 23.5 Å². The molecule has 1 N–H and O–H groups in total. The lowest BCUT2D eigenvalue weighted by Gasteiger charge is -2.59. The Bertz CT molecular complexity index is 1820. The number of ether oxygens (including phenoxy) is 1. The van der Waals surface area contributed by atoms with Gasteiger partial charge in [-0.05, 0) is 85.8 Å². The number of methoxy groups -OCH3 is 1. The number of amides is 2. The summed E-state index contributed by atoms with van der Waals surface area (Å²) in [4.78, 5) is 67.1. The van der Waals surface area contributed by atoms with Gasteiger partial charge < -0.3 is 19.6 Å². The molecule has 1 aromatic carbocycles. The summed E-state index contributed by atoms with van der Waals surface area (Å²) in [6.45, 7) is 13.6. The van der Waals surface area contributed by atoms with E-state index in [0.717, 1.165) is 54.9 Å². The minimum atomic E-state index is -1.17. The molecule has 0 spiro atoms. The summed E-state index contributed by atoms with van der Waals surface area (Å²) in [5, 5.41) is 10.8. The van der Waals surface area contributed by atoms with Crippen molar-refractivity contribution < 1.29 is 28.6 Å². The van der Waals surface area contributed by atoms with Gasteiger partial charge in [0.1, 0.15) is 6.54 Å². The number of benzene rings is 1. The number of fused-ring (bicyclic) bond motifs is 1. The molecule has 2 amide bonds. The quantitative estimate of drug-likeness (QED) is 0.236. The second kappa shape index (κ2) is 15.1. The lowest BCUT2D eigenvalue weighted by molar-refractivity contribution is -0.137. The number of carbonyl (C=O) groups excluding carboxylic acids is 3. The largest absolute Gasteiger partial charge is 0.465 e. The number of halogens is 1. The van der Waals surface area contributed by atoms with E-state index in [-0.39, 0.29) is 48.0 Å². The van der Waals surface area contributed by atoms with Crippen molar-refractivity contribution in [3.8, 4) is 0 Å². The zero-order valence-corrected chi connectivity index (χ0v) is 30.5. The summed E-state index contributed by atoms with van der Waals surface area (Å²) in [7, 11) is 1.25. The molecule has 1 aromatic heterocycles. The molecule has 11 nitrogen and oxygen atoms in total. The first-order valence-electron chi connectivity index (χ1n) is 17.8. The van der Waals surface area contributed by atoms with Crippen LogP contribution in [0.4, 0.5) is 4.39 Å². The molecule has 2 heterocycles. The molecule has 3 aliphatic rings. The molecule has 276 valence electrons. The smallest absolute Gasteiger partial charge is 0.337 e. The van der Waals surface area contributed by atoms with Gasteiger partial charge in [-0.2, -0.15) is 4.39 Å². The Morgan fingerprint density at radius 2 is 1.69 bits per heavy atom. The molecular formula is C39H51FN4O7. The molecule has 0 unspecified atom stereocenters. The molecule has 1 aliphatic heterocycles. The van der Waals surface area contributed by atoms with Gasteiger partial charge >= 0.3 is 11.7 Å². The third-order valence-electron chi connectivity index (χ3n) is 11.9. The van der Waals surface area contributed by atoms with Crippen molar-refractivity contribution >= 4 is 17.8 Å². The molecule has 2 aliphatic carbocycles. The summed E-state index contributed by atoms with van der Waals surface area (Å²) < 4.78 is 20.9. The van der Waals surface area contributed by atoms with E-state index < -0.39 is 35.5 Å². The van der Waals surface area contributed by atoms with Crippen molar-refractivity contribution in [3.05, 3.63) is 92.0 Å². The number of allylic oxidation sites excluding steroid dienone is 2.